The van der Waals surface area contributed by atoms with Crippen LogP contribution in [0.3, 0.4) is 0 Å². The molecule has 0 unspecified atom stereocenters. The van der Waals surface area contributed by atoms with Crippen molar-refractivity contribution in [1.29, 1.82) is 0 Å². The maximum absolute atomic E-state index is 13.0. The van der Waals surface area contributed by atoms with Crippen molar-refractivity contribution < 1.29 is 9.59 Å². The minimum atomic E-state index is 0.0797. The zero-order chi connectivity index (χ0) is 26.7. The summed E-state index contributed by atoms with van der Waals surface area (Å²) in [6.07, 6.45) is 2.33. The van der Waals surface area contributed by atoms with E-state index < -0.39 is 0 Å². The molecule has 0 saturated heterocycles. The van der Waals surface area contributed by atoms with Crippen LogP contribution in [0.15, 0.2) is 119 Å². The van der Waals surface area contributed by atoms with Crippen LogP contribution < -0.4 is 9.80 Å². The molecule has 4 aromatic rings. The lowest BCUT2D eigenvalue weighted by molar-refractivity contribution is -0.119. The molecule has 38 heavy (non-hydrogen) atoms. The molecule has 0 fully saturated rings. The first-order chi connectivity index (χ1) is 18.5. The van der Waals surface area contributed by atoms with Crippen LogP contribution >= 0.6 is 21.6 Å². The number of benzene rings is 4. The predicted molar refractivity (Wildman–Crippen MR) is 161 cm³/mol. The number of rotatable bonds is 11. The number of nitrogens with zero attached hydrogens (tertiary/aromatic N) is 2. The molecule has 0 saturated carbocycles. The zero-order valence-corrected chi connectivity index (χ0v) is 23.4. The predicted octanol–water partition coefficient (Wildman–Crippen LogP) is 7.68. The van der Waals surface area contributed by atoms with Gasteiger partial charge in [-0.3, -0.25) is 9.59 Å². The summed E-state index contributed by atoms with van der Waals surface area (Å²) in [5.74, 6) is 0.159. The second-order valence-corrected chi connectivity index (χ2v) is 11.2. The number of aryl methyl sites for hydroxylation is 2. The fraction of sp³-hybridized carbons (Fsp3) is 0.188. The van der Waals surface area contributed by atoms with Gasteiger partial charge in [-0.1, -0.05) is 107 Å². The van der Waals surface area contributed by atoms with Crippen molar-refractivity contribution in [3.8, 4) is 0 Å². The molecule has 0 atom stereocenters. The Labute approximate surface area is 233 Å². The van der Waals surface area contributed by atoms with Gasteiger partial charge in [0.05, 0.1) is 11.4 Å². The van der Waals surface area contributed by atoms with Gasteiger partial charge in [0.1, 0.15) is 0 Å². The lowest BCUT2D eigenvalue weighted by Crippen LogP contribution is -2.27. The standard InChI is InChI=1S/C32H32N2O2S2/c1-33(31(35)23-21-25-13-5-3-6-14-25)27-17-9-11-19-29(27)37-38-30-20-12-10-18-28(30)34(2)32(36)24-22-26-15-7-4-8-16-26/h3-20H,21-24H2,1-2H3. The molecule has 0 N–H and O–H groups in total. The van der Waals surface area contributed by atoms with Crippen LogP contribution in [0.5, 0.6) is 0 Å². The van der Waals surface area contributed by atoms with E-state index in [1.807, 2.05) is 99.0 Å². The molecule has 2 amide bonds. The van der Waals surface area contributed by atoms with Crippen LogP contribution in [-0.4, -0.2) is 25.9 Å². The van der Waals surface area contributed by atoms with Crippen LogP contribution in [-0.2, 0) is 22.4 Å². The van der Waals surface area contributed by atoms with Gasteiger partial charge in [-0.15, -0.1) is 0 Å². The monoisotopic (exact) mass is 540 g/mol. The van der Waals surface area contributed by atoms with Gasteiger partial charge in [0, 0.05) is 36.7 Å². The average molecular weight is 541 g/mol. The number of hydrogen-bond acceptors (Lipinski definition) is 4. The Morgan fingerprint density at radius 3 is 1.26 bits per heavy atom. The summed E-state index contributed by atoms with van der Waals surface area (Å²) in [7, 11) is 6.87. The molecule has 0 aliphatic rings. The highest BCUT2D eigenvalue weighted by atomic mass is 33.1. The van der Waals surface area contributed by atoms with E-state index in [0.29, 0.717) is 25.7 Å². The lowest BCUT2D eigenvalue weighted by atomic mass is 10.1. The second-order valence-electron chi connectivity index (χ2n) is 8.98. The number of para-hydroxylation sites is 2. The minimum absolute atomic E-state index is 0.0797. The Kier molecular flexibility index (Phi) is 10.1. The third kappa shape index (κ3) is 7.53. The molecule has 4 aromatic carbocycles. The average Bonchev–Trinajstić information content (AvgIpc) is 2.98. The summed E-state index contributed by atoms with van der Waals surface area (Å²) in [6, 6.07) is 36.1. The maximum atomic E-state index is 13.0. The summed E-state index contributed by atoms with van der Waals surface area (Å²) in [5.41, 5.74) is 4.08. The number of anilines is 2. The SMILES string of the molecule is CN(C(=O)CCc1ccccc1)c1ccccc1SSc1ccccc1N(C)C(=O)CCc1ccccc1. The van der Waals surface area contributed by atoms with Gasteiger partial charge < -0.3 is 9.80 Å². The Hall–Kier alpha value is -3.48. The van der Waals surface area contributed by atoms with E-state index in [4.69, 9.17) is 0 Å². The van der Waals surface area contributed by atoms with Gasteiger partial charge in [-0.2, -0.15) is 0 Å². The summed E-state index contributed by atoms with van der Waals surface area (Å²) < 4.78 is 0. The van der Waals surface area contributed by atoms with Crippen molar-refractivity contribution in [2.45, 2.75) is 35.5 Å². The van der Waals surface area contributed by atoms with Crippen LogP contribution in [0, 0.1) is 0 Å². The quantitative estimate of drug-likeness (QED) is 0.183. The van der Waals surface area contributed by atoms with Crippen LogP contribution in [0.4, 0.5) is 11.4 Å². The molecule has 194 valence electrons. The Bertz CT molecular complexity index is 1240. The topological polar surface area (TPSA) is 40.6 Å². The van der Waals surface area contributed by atoms with E-state index in [1.54, 1.807) is 31.4 Å². The maximum Gasteiger partial charge on any atom is 0.227 e. The number of hydrogen-bond donors (Lipinski definition) is 0. The third-order valence-corrected chi connectivity index (χ3v) is 8.82. The van der Waals surface area contributed by atoms with E-state index in [1.165, 1.54) is 0 Å². The van der Waals surface area contributed by atoms with E-state index in [9.17, 15) is 9.59 Å². The fourth-order valence-corrected chi connectivity index (χ4v) is 6.51. The third-order valence-electron chi connectivity index (χ3n) is 6.36. The molecule has 4 rings (SSSR count). The summed E-state index contributed by atoms with van der Waals surface area (Å²) in [5, 5.41) is 0. The van der Waals surface area contributed by atoms with E-state index in [-0.39, 0.29) is 11.8 Å². The molecule has 0 radical (unpaired) electrons. The zero-order valence-electron chi connectivity index (χ0n) is 21.7. The molecule has 6 heteroatoms. The van der Waals surface area contributed by atoms with Crippen LogP contribution in [0.1, 0.15) is 24.0 Å². The van der Waals surface area contributed by atoms with Crippen molar-refractivity contribution in [3.63, 3.8) is 0 Å². The molecule has 0 bridgehead atoms. The smallest absolute Gasteiger partial charge is 0.227 e. The number of carbonyl (C=O) groups is 2. The minimum Gasteiger partial charge on any atom is -0.314 e. The van der Waals surface area contributed by atoms with Gasteiger partial charge in [0.15, 0.2) is 0 Å². The fourth-order valence-electron chi connectivity index (χ4n) is 4.10. The first-order valence-electron chi connectivity index (χ1n) is 12.7. The molecule has 0 aliphatic carbocycles. The first-order valence-corrected chi connectivity index (χ1v) is 14.8. The summed E-state index contributed by atoms with van der Waals surface area (Å²) in [4.78, 5) is 31.5. The normalized spacial score (nSPS) is 10.7. The molecule has 4 nitrogen and oxygen atoms in total. The van der Waals surface area contributed by atoms with Crippen molar-refractivity contribution in [2.24, 2.45) is 0 Å². The molecular formula is C32H32N2O2S2. The Morgan fingerprint density at radius 1 is 0.526 bits per heavy atom. The molecule has 0 aliphatic heterocycles. The highest BCUT2D eigenvalue weighted by molar-refractivity contribution is 8.76. The van der Waals surface area contributed by atoms with Crippen molar-refractivity contribution >= 4 is 44.8 Å². The number of carbonyl (C=O) groups excluding carboxylic acids is 2. The Morgan fingerprint density at radius 2 is 0.868 bits per heavy atom. The van der Waals surface area contributed by atoms with Crippen LogP contribution in [0.25, 0.3) is 0 Å². The van der Waals surface area contributed by atoms with Gasteiger partial charge in [0.25, 0.3) is 0 Å². The molecule has 0 aromatic heterocycles. The summed E-state index contributed by atoms with van der Waals surface area (Å²) in [6.45, 7) is 0. The molecule has 0 heterocycles. The second kappa shape index (κ2) is 13.9. The highest BCUT2D eigenvalue weighted by Gasteiger charge is 2.18. The molecule has 0 spiro atoms. The molecular weight excluding hydrogens is 508 g/mol. The largest absolute Gasteiger partial charge is 0.314 e. The van der Waals surface area contributed by atoms with Crippen molar-refractivity contribution in [3.05, 3.63) is 120 Å². The van der Waals surface area contributed by atoms with Gasteiger partial charge >= 0.3 is 0 Å². The summed E-state index contributed by atoms with van der Waals surface area (Å²) >= 11 is 0. The Balaban J connectivity index is 1.40. The first kappa shape index (κ1) is 27.6. The van der Waals surface area contributed by atoms with Crippen LogP contribution in [0.2, 0.25) is 0 Å². The van der Waals surface area contributed by atoms with Gasteiger partial charge in [-0.05, 0) is 48.2 Å². The highest BCUT2D eigenvalue weighted by Crippen LogP contribution is 2.45. The van der Waals surface area contributed by atoms with E-state index in [2.05, 4.69) is 24.3 Å². The van der Waals surface area contributed by atoms with E-state index >= 15 is 0 Å². The van der Waals surface area contributed by atoms with E-state index in [0.717, 1.165) is 32.3 Å². The van der Waals surface area contributed by atoms with Crippen molar-refractivity contribution in [2.75, 3.05) is 23.9 Å². The van der Waals surface area contributed by atoms with Gasteiger partial charge in [0.2, 0.25) is 11.8 Å². The van der Waals surface area contributed by atoms with Gasteiger partial charge in [-0.25, -0.2) is 0 Å². The van der Waals surface area contributed by atoms with Crippen molar-refractivity contribution in [1.82, 2.24) is 0 Å². The lowest BCUT2D eigenvalue weighted by Gasteiger charge is -2.22. The number of amides is 2.